The molecule has 3 aromatic carbocycles. The maximum atomic E-state index is 12.6. The molecule has 0 unspecified atom stereocenters. The number of rotatable bonds is 7. The maximum absolute atomic E-state index is 12.6. The molecule has 178 valence electrons. The normalized spacial score (nSPS) is 15.6. The van der Waals surface area contributed by atoms with Gasteiger partial charge in [0.15, 0.2) is 0 Å². The Morgan fingerprint density at radius 2 is 1.86 bits per heavy atom. The van der Waals surface area contributed by atoms with Crippen LogP contribution in [0.5, 0.6) is 5.75 Å². The van der Waals surface area contributed by atoms with Crippen molar-refractivity contribution < 1.29 is 19.4 Å². The predicted molar refractivity (Wildman–Crippen MR) is 150 cm³/mol. The van der Waals surface area contributed by atoms with Crippen LogP contribution in [0.2, 0.25) is 5.02 Å². The molecule has 0 atom stereocenters. The largest absolute Gasteiger partial charge is 0.506 e. The van der Waals surface area contributed by atoms with E-state index in [1.165, 1.54) is 11.8 Å². The van der Waals surface area contributed by atoms with Crippen molar-refractivity contribution in [1.29, 1.82) is 0 Å². The van der Waals surface area contributed by atoms with E-state index in [1.54, 1.807) is 25.1 Å². The zero-order chi connectivity index (χ0) is 24.8. The molecule has 1 N–H and O–H groups in total. The minimum absolute atomic E-state index is 0.0514. The first-order chi connectivity index (χ1) is 16.9. The first-order valence-corrected chi connectivity index (χ1v) is 13.0. The Kier molecular flexibility index (Phi) is 8.54. The van der Waals surface area contributed by atoms with Gasteiger partial charge in [-0.15, -0.1) is 0 Å². The summed E-state index contributed by atoms with van der Waals surface area (Å²) in [6, 6.07) is 22.7. The first-order valence-electron chi connectivity index (χ1n) is 10.8. The highest BCUT2D eigenvalue weighted by molar-refractivity contribution is 14.1. The number of halogens is 2. The minimum Gasteiger partial charge on any atom is -0.506 e. The van der Waals surface area contributed by atoms with Crippen molar-refractivity contribution in [3.63, 3.8) is 0 Å². The number of nitrogens with zero attached hydrogens (tertiary/aromatic N) is 1. The molecule has 0 bridgehead atoms. The number of ether oxygens (including phenoxy) is 2. The number of esters is 1. The molecule has 5 nitrogen and oxygen atoms in total. The highest BCUT2D eigenvalue weighted by Gasteiger charge is 2.33. The fourth-order valence-corrected chi connectivity index (χ4v) is 4.87. The Labute approximate surface area is 226 Å². The molecule has 1 heterocycles. The van der Waals surface area contributed by atoms with E-state index in [2.05, 4.69) is 27.6 Å². The number of hydrogen-bond acceptors (Lipinski definition) is 6. The van der Waals surface area contributed by atoms with Crippen LogP contribution in [0.3, 0.4) is 0 Å². The van der Waals surface area contributed by atoms with Crippen LogP contribution >= 0.6 is 46.0 Å². The lowest BCUT2D eigenvalue weighted by Crippen LogP contribution is -2.12. The van der Waals surface area contributed by atoms with Crippen LogP contribution in [0.25, 0.3) is 6.08 Å². The van der Waals surface area contributed by atoms with E-state index in [1.807, 2.05) is 60.7 Å². The summed E-state index contributed by atoms with van der Waals surface area (Å²) in [5.74, 6) is -0.226. The van der Waals surface area contributed by atoms with E-state index < -0.39 is 5.97 Å². The van der Waals surface area contributed by atoms with Crippen LogP contribution < -0.4 is 4.74 Å². The van der Waals surface area contributed by atoms with Crippen molar-refractivity contribution in [2.24, 2.45) is 4.99 Å². The number of carbonyl (C=O) groups is 1. The molecule has 1 aliphatic rings. The van der Waals surface area contributed by atoms with Crippen LogP contribution in [0.4, 0.5) is 5.69 Å². The number of aliphatic imine (C=N–C) groups is 1. The molecule has 3 aromatic rings. The molecule has 0 fully saturated rings. The third-order valence-electron chi connectivity index (χ3n) is 4.92. The van der Waals surface area contributed by atoms with Crippen molar-refractivity contribution in [2.75, 3.05) is 6.61 Å². The molecule has 35 heavy (non-hydrogen) atoms. The molecule has 0 radical (unpaired) electrons. The van der Waals surface area contributed by atoms with Crippen LogP contribution in [-0.4, -0.2) is 22.7 Å². The second-order valence-corrected chi connectivity index (χ2v) is 10.1. The third kappa shape index (κ3) is 6.48. The minimum atomic E-state index is -0.618. The smallest absolute Gasteiger partial charge is 0.344 e. The Hall–Kier alpha value is -2.75. The fourth-order valence-electron chi connectivity index (χ4n) is 3.23. The summed E-state index contributed by atoms with van der Waals surface area (Å²) < 4.78 is 12.2. The summed E-state index contributed by atoms with van der Waals surface area (Å²) >= 11 is 9.92. The average Bonchev–Trinajstić information content (AvgIpc) is 3.14. The van der Waals surface area contributed by atoms with E-state index >= 15 is 0 Å². The van der Waals surface area contributed by atoms with Gasteiger partial charge in [-0.05, 0) is 83.1 Å². The molecule has 0 saturated carbocycles. The Bertz CT molecular complexity index is 1320. The summed E-state index contributed by atoms with van der Waals surface area (Å²) in [4.78, 5) is 17.6. The molecule has 4 rings (SSSR count). The standard InChI is InChI=1S/C27H21ClINO4S/c1-2-33-27(32)24-25(31)23(35-26(24)30-20-6-4-3-5-7-20)15-18-10-13-22(21(28)14-18)34-16-17-8-11-19(29)12-9-17/h3-15,31H,2,16H2,1H3/b23-15-,30-26?. The number of carbonyl (C=O) groups excluding carboxylic acids is 1. The quantitative estimate of drug-likeness (QED) is 0.217. The van der Waals surface area contributed by atoms with Crippen LogP contribution in [0.1, 0.15) is 18.1 Å². The number of hydrogen-bond donors (Lipinski definition) is 1. The van der Waals surface area contributed by atoms with Gasteiger partial charge in [-0.2, -0.15) is 0 Å². The van der Waals surface area contributed by atoms with E-state index in [4.69, 9.17) is 21.1 Å². The van der Waals surface area contributed by atoms with Crippen molar-refractivity contribution in [3.8, 4) is 5.75 Å². The average molecular weight is 618 g/mol. The summed E-state index contributed by atoms with van der Waals surface area (Å²) in [5, 5.41) is 11.7. The fraction of sp³-hybridized carbons (Fsp3) is 0.111. The molecule has 1 aliphatic heterocycles. The van der Waals surface area contributed by atoms with Crippen molar-refractivity contribution in [1.82, 2.24) is 0 Å². The Balaban J connectivity index is 1.58. The molecule has 0 spiro atoms. The van der Waals surface area contributed by atoms with Gasteiger partial charge in [-0.1, -0.05) is 59.8 Å². The van der Waals surface area contributed by atoms with Gasteiger partial charge in [0.25, 0.3) is 0 Å². The van der Waals surface area contributed by atoms with Gasteiger partial charge < -0.3 is 14.6 Å². The predicted octanol–water partition coefficient (Wildman–Crippen LogP) is 7.72. The van der Waals surface area contributed by atoms with Crippen LogP contribution in [0.15, 0.2) is 94.0 Å². The van der Waals surface area contributed by atoms with Gasteiger partial charge in [-0.25, -0.2) is 9.79 Å². The van der Waals surface area contributed by atoms with Crippen molar-refractivity contribution >= 4 is 68.7 Å². The summed E-state index contributed by atoms with van der Waals surface area (Å²) in [5.41, 5.74) is 2.51. The molecular weight excluding hydrogens is 597 g/mol. The van der Waals surface area contributed by atoms with Gasteiger partial charge in [0.05, 0.1) is 22.2 Å². The summed E-state index contributed by atoms with van der Waals surface area (Å²) in [7, 11) is 0. The zero-order valence-corrected chi connectivity index (χ0v) is 22.4. The Morgan fingerprint density at radius 3 is 2.54 bits per heavy atom. The second kappa shape index (κ2) is 11.8. The highest BCUT2D eigenvalue weighted by atomic mass is 127. The van der Waals surface area contributed by atoms with Gasteiger partial charge in [0.2, 0.25) is 0 Å². The SMILES string of the molecule is CCOC(=O)C1=C(O)/C(=C/c2ccc(OCc3ccc(I)cc3)c(Cl)c2)SC1=Nc1ccccc1. The lowest BCUT2D eigenvalue weighted by molar-refractivity contribution is -0.138. The molecule has 0 amide bonds. The molecule has 0 aromatic heterocycles. The summed E-state index contributed by atoms with van der Waals surface area (Å²) in [6.45, 7) is 2.31. The molecular formula is C27H21ClINO4S. The van der Waals surface area contributed by atoms with Crippen LogP contribution in [0, 0.1) is 3.57 Å². The van der Waals surface area contributed by atoms with Gasteiger partial charge in [-0.3, -0.25) is 0 Å². The van der Waals surface area contributed by atoms with Crippen LogP contribution in [-0.2, 0) is 16.1 Å². The topological polar surface area (TPSA) is 68.1 Å². The monoisotopic (exact) mass is 617 g/mol. The number of aliphatic hydroxyl groups excluding tert-OH is 1. The Morgan fingerprint density at radius 1 is 1.11 bits per heavy atom. The van der Waals surface area contributed by atoms with E-state index in [0.717, 1.165) is 14.7 Å². The third-order valence-corrected chi connectivity index (χ3v) is 6.95. The van der Waals surface area contributed by atoms with E-state index in [0.29, 0.717) is 33.0 Å². The lowest BCUT2D eigenvalue weighted by atomic mass is 10.1. The van der Waals surface area contributed by atoms with Crippen molar-refractivity contribution in [2.45, 2.75) is 13.5 Å². The van der Waals surface area contributed by atoms with E-state index in [9.17, 15) is 9.90 Å². The highest BCUT2D eigenvalue weighted by Crippen LogP contribution is 2.40. The van der Waals surface area contributed by atoms with Gasteiger partial charge >= 0.3 is 5.97 Å². The molecule has 8 heteroatoms. The van der Waals surface area contributed by atoms with E-state index in [-0.39, 0.29) is 17.9 Å². The van der Waals surface area contributed by atoms with Crippen molar-refractivity contribution in [3.05, 3.63) is 109 Å². The molecule has 0 aliphatic carbocycles. The molecule has 0 saturated heterocycles. The number of thioether (sulfide) groups is 1. The summed E-state index contributed by atoms with van der Waals surface area (Å²) in [6.07, 6.45) is 1.75. The number of para-hydroxylation sites is 1. The number of aliphatic hydroxyl groups is 1. The first kappa shape index (κ1) is 25.3. The second-order valence-electron chi connectivity index (χ2n) is 7.41. The van der Waals surface area contributed by atoms with Gasteiger partial charge in [0.1, 0.15) is 28.7 Å². The lowest BCUT2D eigenvalue weighted by Gasteiger charge is -2.09. The zero-order valence-electron chi connectivity index (χ0n) is 18.7. The number of benzene rings is 3. The maximum Gasteiger partial charge on any atom is 0.344 e. The van der Waals surface area contributed by atoms with Gasteiger partial charge in [0, 0.05) is 3.57 Å².